The standard InChI is InChI=1S/C14H13FN4O3S/c1-9(8-22-11-4-2-10(15)3-5-11)16-12-13(19(20)21)18-6-7-23-14(18)17-12/h2-7,9,16H,8H2,1H3. The Morgan fingerprint density at radius 2 is 2.22 bits per heavy atom. The topological polar surface area (TPSA) is 81.7 Å². The Morgan fingerprint density at radius 3 is 2.91 bits per heavy atom. The minimum Gasteiger partial charge on any atom is -0.491 e. The third kappa shape index (κ3) is 3.24. The summed E-state index contributed by atoms with van der Waals surface area (Å²) in [5, 5.41) is 15.9. The molecule has 0 amide bonds. The number of anilines is 1. The molecule has 1 aromatic carbocycles. The summed E-state index contributed by atoms with van der Waals surface area (Å²) in [6.07, 6.45) is 1.61. The number of aromatic nitrogens is 2. The molecule has 0 aliphatic carbocycles. The summed E-state index contributed by atoms with van der Waals surface area (Å²) in [7, 11) is 0. The van der Waals surface area contributed by atoms with Crippen LogP contribution in [-0.4, -0.2) is 27.0 Å². The molecule has 0 radical (unpaired) electrons. The van der Waals surface area contributed by atoms with E-state index in [1.807, 2.05) is 6.92 Å². The number of hydrogen-bond donors (Lipinski definition) is 1. The number of nitrogens with one attached hydrogen (secondary N) is 1. The number of benzene rings is 1. The fourth-order valence-corrected chi connectivity index (χ4v) is 2.78. The maximum atomic E-state index is 12.8. The third-order valence-electron chi connectivity index (χ3n) is 3.11. The van der Waals surface area contributed by atoms with E-state index in [1.54, 1.807) is 11.6 Å². The SMILES string of the molecule is CC(COc1ccc(F)cc1)Nc1nc2sccn2c1[N+](=O)[O-]. The lowest BCUT2D eigenvalue weighted by Crippen LogP contribution is -2.24. The molecule has 3 aromatic rings. The minimum atomic E-state index is -0.470. The van der Waals surface area contributed by atoms with E-state index in [9.17, 15) is 14.5 Å². The molecule has 0 spiro atoms. The van der Waals surface area contributed by atoms with E-state index < -0.39 is 4.92 Å². The van der Waals surface area contributed by atoms with Crippen molar-refractivity contribution in [1.82, 2.24) is 9.38 Å². The zero-order chi connectivity index (χ0) is 16.4. The van der Waals surface area contributed by atoms with E-state index in [0.717, 1.165) is 0 Å². The molecule has 9 heteroatoms. The van der Waals surface area contributed by atoms with Gasteiger partial charge in [-0.3, -0.25) is 0 Å². The Morgan fingerprint density at radius 1 is 1.48 bits per heavy atom. The predicted octanol–water partition coefficient (Wildman–Crippen LogP) is 3.32. The average Bonchev–Trinajstić information content (AvgIpc) is 3.06. The highest BCUT2D eigenvalue weighted by molar-refractivity contribution is 7.15. The van der Waals surface area contributed by atoms with Gasteiger partial charge in [0.2, 0.25) is 5.82 Å². The molecule has 0 saturated carbocycles. The van der Waals surface area contributed by atoms with Crippen LogP contribution in [0, 0.1) is 15.9 Å². The van der Waals surface area contributed by atoms with Crippen LogP contribution in [0.1, 0.15) is 6.92 Å². The van der Waals surface area contributed by atoms with Gasteiger partial charge in [-0.25, -0.2) is 4.39 Å². The van der Waals surface area contributed by atoms with Gasteiger partial charge in [0.05, 0.1) is 6.04 Å². The van der Waals surface area contributed by atoms with Crippen LogP contribution in [0.15, 0.2) is 35.8 Å². The van der Waals surface area contributed by atoms with E-state index in [-0.39, 0.29) is 30.1 Å². The Bertz CT molecular complexity index is 830. The molecule has 0 aliphatic rings. The Labute approximate surface area is 134 Å². The molecule has 2 heterocycles. The monoisotopic (exact) mass is 336 g/mol. The summed E-state index contributed by atoms with van der Waals surface area (Å²) in [4.78, 5) is 15.5. The molecule has 1 atom stereocenters. The Balaban J connectivity index is 1.69. The molecule has 0 aliphatic heterocycles. The van der Waals surface area contributed by atoms with Crippen LogP contribution in [-0.2, 0) is 0 Å². The second kappa shape index (κ2) is 6.21. The largest absolute Gasteiger partial charge is 0.491 e. The first-order valence-electron chi connectivity index (χ1n) is 6.79. The van der Waals surface area contributed by atoms with Gasteiger partial charge in [-0.05, 0) is 36.1 Å². The van der Waals surface area contributed by atoms with Gasteiger partial charge in [-0.15, -0.1) is 0 Å². The van der Waals surface area contributed by atoms with Crippen molar-refractivity contribution in [1.29, 1.82) is 0 Å². The molecule has 7 nitrogen and oxygen atoms in total. The number of nitrogens with zero attached hydrogens (tertiary/aromatic N) is 3. The number of imidazole rings is 1. The first-order valence-corrected chi connectivity index (χ1v) is 7.67. The van der Waals surface area contributed by atoms with Crippen LogP contribution < -0.4 is 10.1 Å². The molecule has 1 N–H and O–H groups in total. The summed E-state index contributed by atoms with van der Waals surface area (Å²) >= 11 is 1.32. The number of nitro groups is 1. The van der Waals surface area contributed by atoms with Crippen LogP contribution in [0.3, 0.4) is 0 Å². The summed E-state index contributed by atoms with van der Waals surface area (Å²) in [5.74, 6) is 0.296. The van der Waals surface area contributed by atoms with Crippen molar-refractivity contribution in [2.75, 3.05) is 11.9 Å². The zero-order valence-electron chi connectivity index (χ0n) is 12.1. The highest BCUT2D eigenvalue weighted by Crippen LogP contribution is 2.28. The van der Waals surface area contributed by atoms with E-state index in [0.29, 0.717) is 10.7 Å². The van der Waals surface area contributed by atoms with Gasteiger partial charge in [0.25, 0.3) is 4.96 Å². The summed E-state index contributed by atoms with van der Waals surface area (Å²) < 4.78 is 19.8. The smallest absolute Gasteiger partial charge is 0.372 e. The normalized spacial score (nSPS) is 12.3. The fraction of sp³-hybridized carbons (Fsp3) is 0.214. The highest BCUT2D eigenvalue weighted by atomic mass is 32.1. The maximum absolute atomic E-state index is 12.8. The molecule has 3 rings (SSSR count). The molecular weight excluding hydrogens is 323 g/mol. The quantitative estimate of drug-likeness (QED) is 0.551. The van der Waals surface area contributed by atoms with E-state index in [4.69, 9.17) is 4.74 Å². The molecule has 120 valence electrons. The number of ether oxygens (including phenoxy) is 1. The van der Waals surface area contributed by atoms with Crippen LogP contribution in [0.4, 0.5) is 16.0 Å². The van der Waals surface area contributed by atoms with Gasteiger partial charge in [-0.1, -0.05) is 11.3 Å². The van der Waals surface area contributed by atoms with Crippen LogP contribution in [0.5, 0.6) is 5.75 Å². The minimum absolute atomic E-state index is 0.102. The third-order valence-corrected chi connectivity index (χ3v) is 3.86. The fourth-order valence-electron chi connectivity index (χ4n) is 2.07. The van der Waals surface area contributed by atoms with E-state index >= 15 is 0 Å². The van der Waals surface area contributed by atoms with E-state index in [2.05, 4.69) is 10.3 Å². The lowest BCUT2D eigenvalue weighted by atomic mass is 10.3. The lowest BCUT2D eigenvalue weighted by molar-refractivity contribution is -0.389. The van der Waals surface area contributed by atoms with Crippen molar-refractivity contribution in [2.24, 2.45) is 0 Å². The highest BCUT2D eigenvalue weighted by Gasteiger charge is 2.24. The molecule has 2 aromatic heterocycles. The Hall–Kier alpha value is -2.68. The molecule has 0 bridgehead atoms. The number of fused-ring (bicyclic) bond motifs is 1. The van der Waals surface area contributed by atoms with Gasteiger partial charge in [0.1, 0.15) is 24.4 Å². The zero-order valence-corrected chi connectivity index (χ0v) is 12.9. The molecule has 0 saturated heterocycles. The second-order valence-corrected chi connectivity index (χ2v) is 5.78. The molecule has 1 unspecified atom stereocenters. The van der Waals surface area contributed by atoms with Crippen molar-refractivity contribution in [3.05, 3.63) is 51.8 Å². The number of thiazole rings is 1. The summed E-state index contributed by atoms with van der Waals surface area (Å²) in [5.41, 5.74) is 0. The Kier molecular flexibility index (Phi) is 4.11. The van der Waals surface area contributed by atoms with Crippen LogP contribution in [0.25, 0.3) is 4.96 Å². The van der Waals surface area contributed by atoms with Crippen molar-refractivity contribution in [3.63, 3.8) is 0 Å². The van der Waals surface area contributed by atoms with Crippen LogP contribution in [0.2, 0.25) is 0 Å². The lowest BCUT2D eigenvalue weighted by Gasteiger charge is -2.14. The predicted molar refractivity (Wildman–Crippen MR) is 84.7 cm³/mol. The number of hydrogen-bond acceptors (Lipinski definition) is 6. The first-order chi connectivity index (χ1) is 11.0. The van der Waals surface area contributed by atoms with Crippen molar-refractivity contribution in [3.8, 4) is 5.75 Å². The maximum Gasteiger partial charge on any atom is 0.372 e. The van der Waals surface area contributed by atoms with Gasteiger partial charge >= 0.3 is 5.82 Å². The van der Waals surface area contributed by atoms with Gasteiger partial charge in [0, 0.05) is 5.38 Å². The van der Waals surface area contributed by atoms with Gasteiger partial charge in [0.15, 0.2) is 0 Å². The van der Waals surface area contributed by atoms with Crippen LogP contribution >= 0.6 is 11.3 Å². The van der Waals surface area contributed by atoms with Gasteiger partial charge in [-0.2, -0.15) is 9.38 Å². The van der Waals surface area contributed by atoms with Gasteiger partial charge < -0.3 is 20.2 Å². The molecular formula is C14H13FN4O3S. The molecule has 23 heavy (non-hydrogen) atoms. The number of rotatable bonds is 6. The molecule has 0 fully saturated rings. The van der Waals surface area contributed by atoms with Crippen molar-refractivity contribution in [2.45, 2.75) is 13.0 Å². The second-order valence-electron chi connectivity index (χ2n) is 4.91. The van der Waals surface area contributed by atoms with E-state index in [1.165, 1.54) is 40.0 Å². The summed E-state index contributed by atoms with van der Waals surface area (Å²) in [6.45, 7) is 2.08. The first kappa shape index (κ1) is 15.2. The van der Waals surface area contributed by atoms with Crippen molar-refractivity contribution >= 4 is 27.9 Å². The van der Waals surface area contributed by atoms with Crippen molar-refractivity contribution < 1.29 is 14.1 Å². The number of halogens is 1. The average molecular weight is 336 g/mol. The summed E-state index contributed by atoms with van der Waals surface area (Å²) in [6, 6.07) is 5.45.